The molecule has 1 aliphatic carbocycles. The highest BCUT2D eigenvalue weighted by atomic mass is 79.9. The molecular weight excluding hydrogens is 624 g/mol. The number of nitrogens with zero attached hydrogens (tertiary/aromatic N) is 2. The monoisotopic (exact) mass is 662 g/mol. The van der Waals surface area contributed by atoms with Crippen molar-refractivity contribution in [2.75, 3.05) is 20.3 Å². The Morgan fingerprint density at radius 1 is 1.17 bits per heavy atom. The molecule has 0 N–H and O–H groups in total. The van der Waals surface area contributed by atoms with E-state index in [1.165, 1.54) is 15.9 Å². The number of hydrogen-bond acceptors (Lipinski definition) is 8. The number of aryl methyl sites for hydroxylation is 1. The molecular formula is C31H39BrN2O7S. The standard InChI is InChI=1S/C31H39BrN2O7S/c1-19-24-26(35)34(18-31(13-8-14-31)28(36)41-30(2,3)4)29(37)33(27(24)42-25(19)32)17-23(40-20-11-15-39-16-12-20)21-9-6-7-10-22(21)38-5/h6-7,9-10,20,23H,8,11-18H2,1-5H3/t23-/m0/s1. The number of methoxy groups -OCH3 is 1. The lowest BCUT2D eigenvalue weighted by atomic mass is 9.68. The Morgan fingerprint density at radius 3 is 2.48 bits per heavy atom. The molecule has 42 heavy (non-hydrogen) atoms. The van der Waals surface area contributed by atoms with E-state index in [1.807, 2.05) is 52.0 Å². The molecule has 1 saturated carbocycles. The first kappa shape index (κ1) is 31.0. The minimum Gasteiger partial charge on any atom is -0.496 e. The quantitative estimate of drug-likeness (QED) is 0.269. The number of carbonyl (C=O) groups excluding carboxylic acids is 1. The average Bonchev–Trinajstić information content (AvgIpc) is 3.22. The summed E-state index contributed by atoms with van der Waals surface area (Å²) >= 11 is 4.95. The van der Waals surface area contributed by atoms with Crippen molar-refractivity contribution < 1.29 is 23.7 Å². The van der Waals surface area contributed by atoms with Gasteiger partial charge in [-0.15, -0.1) is 11.3 Å². The van der Waals surface area contributed by atoms with Crippen molar-refractivity contribution in [3.05, 3.63) is 60.0 Å². The molecule has 0 spiro atoms. The lowest BCUT2D eigenvalue weighted by Gasteiger charge is -2.41. The second kappa shape index (κ2) is 12.3. The van der Waals surface area contributed by atoms with Crippen LogP contribution >= 0.6 is 27.3 Å². The van der Waals surface area contributed by atoms with Gasteiger partial charge in [0.25, 0.3) is 5.56 Å². The number of esters is 1. The third-order valence-corrected chi connectivity index (χ3v) is 10.4. The first-order chi connectivity index (χ1) is 19.9. The number of carbonyl (C=O) groups is 1. The van der Waals surface area contributed by atoms with Gasteiger partial charge in [0.05, 0.1) is 34.3 Å². The van der Waals surface area contributed by atoms with Gasteiger partial charge in [0.2, 0.25) is 0 Å². The van der Waals surface area contributed by atoms with E-state index < -0.39 is 22.8 Å². The Morgan fingerprint density at radius 2 is 1.86 bits per heavy atom. The molecule has 0 amide bonds. The van der Waals surface area contributed by atoms with Gasteiger partial charge in [-0.25, -0.2) is 4.79 Å². The minimum absolute atomic E-state index is 0.0252. The zero-order valence-corrected chi connectivity index (χ0v) is 27.3. The number of fused-ring (bicyclic) bond motifs is 1. The van der Waals surface area contributed by atoms with Crippen molar-refractivity contribution in [3.63, 3.8) is 0 Å². The largest absolute Gasteiger partial charge is 0.496 e. The lowest BCUT2D eigenvalue weighted by Crippen LogP contribution is -2.51. The molecule has 3 aromatic rings. The van der Waals surface area contributed by atoms with Gasteiger partial charge in [-0.2, -0.15) is 0 Å². The summed E-state index contributed by atoms with van der Waals surface area (Å²) < 4.78 is 27.3. The van der Waals surface area contributed by atoms with E-state index in [1.54, 1.807) is 11.7 Å². The van der Waals surface area contributed by atoms with Crippen molar-refractivity contribution in [2.24, 2.45) is 5.41 Å². The lowest BCUT2D eigenvalue weighted by molar-refractivity contribution is -0.175. The van der Waals surface area contributed by atoms with Crippen molar-refractivity contribution in [3.8, 4) is 5.75 Å². The topological polar surface area (TPSA) is 98.0 Å². The second-order valence-corrected chi connectivity index (χ2v) is 14.6. The van der Waals surface area contributed by atoms with Crippen LogP contribution in [0.1, 0.15) is 70.1 Å². The van der Waals surface area contributed by atoms with E-state index in [2.05, 4.69) is 15.9 Å². The van der Waals surface area contributed by atoms with Crippen LogP contribution in [0.15, 0.2) is 37.6 Å². The average molecular weight is 664 g/mol. The van der Waals surface area contributed by atoms with Gasteiger partial charge in [-0.1, -0.05) is 24.6 Å². The van der Waals surface area contributed by atoms with E-state index in [0.717, 1.165) is 34.2 Å². The highest BCUT2D eigenvalue weighted by Gasteiger charge is 2.48. The molecule has 0 unspecified atom stereocenters. The van der Waals surface area contributed by atoms with Crippen molar-refractivity contribution >= 4 is 43.5 Å². The summed E-state index contributed by atoms with van der Waals surface area (Å²) in [7, 11) is 1.61. The summed E-state index contributed by atoms with van der Waals surface area (Å²) in [6.45, 7) is 8.71. The molecule has 1 aliphatic heterocycles. The predicted molar refractivity (Wildman–Crippen MR) is 166 cm³/mol. The van der Waals surface area contributed by atoms with Gasteiger partial charge >= 0.3 is 11.7 Å². The van der Waals surface area contributed by atoms with Crippen LogP contribution < -0.4 is 16.0 Å². The minimum atomic E-state index is -0.913. The summed E-state index contributed by atoms with van der Waals surface area (Å²) in [5, 5.41) is 0.468. The number of benzene rings is 1. The van der Waals surface area contributed by atoms with E-state index in [4.69, 9.17) is 18.9 Å². The Hall–Kier alpha value is -2.47. The SMILES string of the molecule is COc1ccccc1[C@H](Cn1c(=O)n(CC2(C(=O)OC(C)(C)C)CCC2)c(=O)c2c(C)c(Br)sc21)OC1CCOCC1. The van der Waals surface area contributed by atoms with Gasteiger partial charge in [0, 0.05) is 25.3 Å². The molecule has 2 fully saturated rings. The van der Waals surface area contributed by atoms with Gasteiger partial charge in [0.1, 0.15) is 22.3 Å². The molecule has 0 radical (unpaired) electrons. The zero-order chi connectivity index (χ0) is 30.2. The number of halogens is 1. The number of hydrogen-bond donors (Lipinski definition) is 0. The summed E-state index contributed by atoms with van der Waals surface area (Å²) in [5.74, 6) is 0.297. The van der Waals surface area contributed by atoms with Crippen LogP contribution in [0.3, 0.4) is 0 Å². The normalized spacial score (nSPS) is 18.0. The molecule has 0 bridgehead atoms. The molecule has 11 heteroatoms. The van der Waals surface area contributed by atoms with Crippen molar-refractivity contribution in [1.29, 1.82) is 0 Å². The summed E-state index contributed by atoms with van der Waals surface area (Å²) in [5.41, 5.74) is -0.856. The number of ether oxygens (including phenoxy) is 4. The maximum atomic E-state index is 14.3. The van der Waals surface area contributed by atoms with Gasteiger partial charge in [-0.3, -0.25) is 18.7 Å². The first-order valence-corrected chi connectivity index (χ1v) is 16.1. The molecule has 228 valence electrons. The number of para-hydroxylation sites is 1. The molecule has 2 aliphatic rings. The smallest absolute Gasteiger partial charge is 0.332 e. The summed E-state index contributed by atoms with van der Waals surface area (Å²) in [6.07, 6.45) is 2.88. The fraction of sp³-hybridized carbons (Fsp3) is 0.581. The van der Waals surface area contributed by atoms with Gasteiger partial charge in [-0.05, 0) is 80.9 Å². The Labute approximate surface area is 257 Å². The number of thiophene rings is 1. The van der Waals surface area contributed by atoms with Crippen molar-refractivity contribution in [1.82, 2.24) is 9.13 Å². The van der Waals surface area contributed by atoms with E-state index in [0.29, 0.717) is 42.0 Å². The van der Waals surface area contributed by atoms with Crippen LogP contribution in [0.4, 0.5) is 0 Å². The van der Waals surface area contributed by atoms with Crippen LogP contribution in [0.2, 0.25) is 0 Å². The predicted octanol–water partition coefficient (Wildman–Crippen LogP) is 5.75. The van der Waals surface area contributed by atoms with Crippen LogP contribution in [0.5, 0.6) is 5.75 Å². The summed E-state index contributed by atoms with van der Waals surface area (Å²) in [6, 6.07) is 7.64. The van der Waals surface area contributed by atoms with E-state index in [-0.39, 0.29) is 30.7 Å². The van der Waals surface area contributed by atoms with Crippen LogP contribution in [0, 0.1) is 12.3 Å². The number of aromatic nitrogens is 2. The maximum Gasteiger partial charge on any atom is 0.332 e. The Balaban J connectivity index is 1.63. The van der Waals surface area contributed by atoms with Crippen LogP contribution in [-0.2, 0) is 32.1 Å². The third-order valence-electron chi connectivity index (χ3n) is 8.20. The summed E-state index contributed by atoms with van der Waals surface area (Å²) in [4.78, 5) is 42.2. The van der Waals surface area contributed by atoms with E-state index in [9.17, 15) is 14.4 Å². The molecule has 2 aromatic heterocycles. The Bertz CT molecular complexity index is 1570. The molecule has 5 rings (SSSR count). The van der Waals surface area contributed by atoms with Crippen LogP contribution in [-0.4, -0.2) is 47.1 Å². The van der Waals surface area contributed by atoms with Gasteiger partial charge in [0.15, 0.2) is 0 Å². The second-order valence-electron chi connectivity index (χ2n) is 12.3. The Kier molecular flexibility index (Phi) is 9.04. The zero-order valence-electron chi connectivity index (χ0n) is 24.9. The highest BCUT2D eigenvalue weighted by Crippen LogP contribution is 2.44. The third kappa shape index (κ3) is 6.11. The highest BCUT2D eigenvalue weighted by molar-refractivity contribution is 9.11. The molecule has 1 atom stereocenters. The fourth-order valence-corrected chi connectivity index (χ4v) is 7.43. The van der Waals surface area contributed by atoms with Crippen LogP contribution in [0.25, 0.3) is 10.2 Å². The molecule has 9 nitrogen and oxygen atoms in total. The van der Waals surface area contributed by atoms with Crippen molar-refractivity contribution in [2.45, 2.75) is 90.7 Å². The number of rotatable bonds is 9. The molecule has 3 heterocycles. The molecule has 1 aromatic carbocycles. The molecule has 1 saturated heterocycles. The maximum absolute atomic E-state index is 14.3. The fourth-order valence-electron chi connectivity index (χ4n) is 5.74. The first-order valence-electron chi connectivity index (χ1n) is 14.5. The van der Waals surface area contributed by atoms with E-state index >= 15 is 0 Å². The van der Waals surface area contributed by atoms with Gasteiger partial charge < -0.3 is 18.9 Å².